The van der Waals surface area contributed by atoms with Crippen LogP contribution < -0.4 is 5.73 Å². The van der Waals surface area contributed by atoms with E-state index in [2.05, 4.69) is 11.8 Å². The van der Waals surface area contributed by atoms with Gasteiger partial charge in [0.25, 0.3) is 0 Å². The third-order valence-corrected chi connectivity index (χ3v) is 3.49. The Morgan fingerprint density at radius 1 is 1.32 bits per heavy atom. The molecule has 0 spiro atoms. The second-order valence-electron chi connectivity index (χ2n) is 5.43. The predicted octanol–water partition coefficient (Wildman–Crippen LogP) is 0.542. The first-order valence-electron chi connectivity index (χ1n) is 7.45. The van der Waals surface area contributed by atoms with E-state index in [4.69, 9.17) is 10.5 Å². The number of carbonyl (C=O) groups excluding carboxylic acids is 1. The van der Waals surface area contributed by atoms with Crippen LogP contribution in [-0.4, -0.2) is 68.2 Å². The molecule has 5 heteroatoms. The molecule has 0 saturated carbocycles. The number of hydrogen-bond donors (Lipinski definition) is 1. The normalized spacial score (nSPS) is 19.2. The SMILES string of the molecule is CCCOCC(=O)N1CCCN(CC(C)CN)CC1. The van der Waals surface area contributed by atoms with Gasteiger partial charge in [-0.3, -0.25) is 4.79 Å². The summed E-state index contributed by atoms with van der Waals surface area (Å²) in [5, 5.41) is 0. The molecule has 1 atom stereocenters. The zero-order valence-electron chi connectivity index (χ0n) is 12.4. The zero-order chi connectivity index (χ0) is 14.1. The lowest BCUT2D eigenvalue weighted by atomic mass is 10.1. The van der Waals surface area contributed by atoms with Gasteiger partial charge in [0.15, 0.2) is 0 Å². The Hall–Kier alpha value is -0.650. The van der Waals surface area contributed by atoms with Crippen molar-refractivity contribution in [2.24, 2.45) is 11.7 Å². The van der Waals surface area contributed by atoms with Gasteiger partial charge in [0.05, 0.1) is 0 Å². The minimum atomic E-state index is 0.127. The highest BCUT2D eigenvalue weighted by Gasteiger charge is 2.19. The average Bonchev–Trinajstić information content (AvgIpc) is 2.64. The summed E-state index contributed by atoms with van der Waals surface area (Å²) in [6.07, 6.45) is 1.99. The van der Waals surface area contributed by atoms with Gasteiger partial charge >= 0.3 is 0 Å². The van der Waals surface area contributed by atoms with Crippen molar-refractivity contribution in [1.29, 1.82) is 0 Å². The molecule has 1 unspecified atom stereocenters. The number of hydrogen-bond acceptors (Lipinski definition) is 4. The predicted molar refractivity (Wildman–Crippen MR) is 77.0 cm³/mol. The van der Waals surface area contributed by atoms with Crippen LogP contribution in [0.4, 0.5) is 0 Å². The number of amides is 1. The van der Waals surface area contributed by atoms with Gasteiger partial charge in [0.1, 0.15) is 6.61 Å². The molecule has 1 heterocycles. The van der Waals surface area contributed by atoms with Crippen LogP contribution in [0, 0.1) is 5.92 Å². The van der Waals surface area contributed by atoms with E-state index in [9.17, 15) is 4.79 Å². The summed E-state index contributed by atoms with van der Waals surface area (Å²) in [6.45, 7) is 10.5. The maximum atomic E-state index is 12.0. The van der Waals surface area contributed by atoms with Gasteiger partial charge in [-0.1, -0.05) is 13.8 Å². The maximum absolute atomic E-state index is 12.0. The molecule has 1 saturated heterocycles. The van der Waals surface area contributed by atoms with Crippen molar-refractivity contribution in [1.82, 2.24) is 9.80 Å². The molecule has 1 fully saturated rings. The van der Waals surface area contributed by atoms with Crippen LogP contribution in [0.2, 0.25) is 0 Å². The largest absolute Gasteiger partial charge is 0.372 e. The molecule has 112 valence electrons. The topological polar surface area (TPSA) is 58.8 Å². The minimum Gasteiger partial charge on any atom is -0.372 e. The Morgan fingerprint density at radius 3 is 2.79 bits per heavy atom. The summed E-state index contributed by atoms with van der Waals surface area (Å²) in [6, 6.07) is 0. The standard InChI is InChI=1S/C14H29N3O2/c1-3-9-19-12-14(18)17-6-4-5-16(7-8-17)11-13(2)10-15/h13H,3-12,15H2,1-2H3. The van der Waals surface area contributed by atoms with Crippen molar-refractivity contribution < 1.29 is 9.53 Å². The second-order valence-corrected chi connectivity index (χ2v) is 5.43. The lowest BCUT2D eigenvalue weighted by molar-refractivity contribution is -0.136. The Kier molecular flexibility index (Phi) is 8.02. The third kappa shape index (κ3) is 6.36. The third-order valence-electron chi connectivity index (χ3n) is 3.49. The summed E-state index contributed by atoms with van der Waals surface area (Å²) >= 11 is 0. The highest BCUT2D eigenvalue weighted by atomic mass is 16.5. The summed E-state index contributed by atoms with van der Waals surface area (Å²) < 4.78 is 5.33. The fourth-order valence-electron chi connectivity index (χ4n) is 2.31. The molecule has 1 aliphatic rings. The van der Waals surface area contributed by atoms with Crippen LogP contribution in [0.25, 0.3) is 0 Å². The fourth-order valence-corrected chi connectivity index (χ4v) is 2.31. The Balaban J connectivity index is 2.30. The Morgan fingerprint density at radius 2 is 2.11 bits per heavy atom. The molecule has 0 aromatic carbocycles. The highest BCUT2D eigenvalue weighted by molar-refractivity contribution is 5.77. The van der Waals surface area contributed by atoms with Crippen LogP contribution in [-0.2, 0) is 9.53 Å². The van der Waals surface area contributed by atoms with Crippen molar-refractivity contribution in [2.75, 3.05) is 52.5 Å². The van der Waals surface area contributed by atoms with E-state index >= 15 is 0 Å². The number of ether oxygens (including phenoxy) is 1. The summed E-state index contributed by atoms with van der Waals surface area (Å²) in [7, 11) is 0. The lowest BCUT2D eigenvalue weighted by Gasteiger charge is -2.24. The van der Waals surface area contributed by atoms with E-state index in [-0.39, 0.29) is 12.5 Å². The molecule has 1 amide bonds. The average molecular weight is 271 g/mol. The lowest BCUT2D eigenvalue weighted by Crippen LogP contribution is -2.38. The maximum Gasteiger partial charge on any atom is 0.248 e. The Labute approximate surface area is 117 Å². The van der Waals surface area contributed by atoms with Crippen LogP contribution in [0.5, 0.6) is 0 Å². The zero-order valence-corrected chi connectivity index (χ0v) is 12.4. The first kappa shape index (κ1) is 16.4. The first-order valence-corrected chi connectivity index (χ1v) is 7.45. The van der Waals surface area contributed by atoms with Crippen molar-refractivity contribution in [3.8, 4) is 0 Å². The summed E-state index contributed by atoms with van der Waals surface area (Å²) in [5.74, 6) is 0.650. The molecule has 1 aliphatic heterocycles. The van der Waals surface area contributed by atoms with Gasteiger partial charge < -0.3 is 20.3 Å². The number of nitrogens with two attached hydrogens (primary N) is 1. The van der Waals surface area contributed by atoms with E-state index < -0.39 is 0 Å². The van der Waals surface area contributed by atoms with E-state index in [0.717, 1.165) is 52.1 Å². The smallest absolute Gasteiger partial charge is 0.248 e. The monoisotopic (exact) mass is 271 g/mol. The molecular formula is C14H29N3O2. The Bertz CT molecular complexity index is 261. The number of rotatable bonds is 7. The fraction of sp³-hybridized carbons (Fsp3) is 0.929. The summed E-state index contributed by atoms with van der Waals surface area (Å²) in [5.41, 5.74) is 5.66. The second kappa shape index (κ2) is 9.28. The molecule has 0 aromatic rings. The van der Waals surface area contributed by atoms with Gasteiger partial charge in [0.2, 0.25) is 5.91 Å². The van der Waals surface area contributed by atoms with Gasteiger partial charge in [-0.15, -0.1) is 0 Å². The molecule has 0 aromatic heterocycles. The summed E-state index contributed by atoms with van der Waals surface area (Å²) in [4.78, 5) is 16.3. The minimum absolute atomic E-state index is 0.127. The van der Waals surface area contributed by atoms with Crippen LogP contribution in [0.1, 0.15) is 26.7 Å². The molecule has 5 nitrogen and oxygen atoms in total. The van der Waals surface area contributed by atoms with E-state index in [1.54, 1.807) is 0 Å². The highest BCUT2D eigenvalue weighted by Crippen LogP contribution is 2.06. The van der Waals surface area contributed by atoms with Gasteiger partial charge in [0, 0.05) is 32.8 Å². The number of carbonyl (C=O) groups is 1. The van der Waals surface area contributed by atoms with Crippen LogP contribution >= 0.6 is 0 Å². The first-order chi connectivity index (χ1) is 9.17. The molecule has 2 N–H and O–H groups in total. The molecular weight excluding hydrogens is 242 g/mol. The van der Waals surface area contributed by atoms with Crippen molar-refractivity contribution in [3.63, 3.8) is 0 Å². The molecule has 19 heavy (non-hydrogen) atoms. The molecule has 0 radical (unpaired) electrons. The van der Waals surface area contributed by atoms with E-state index in [1.807, 2.05) is 11.8 Å². The molecule has 0 bridgehead atoms. The van der Waals surface area contributed by atoms with Crippen LogP contribution in [0.3, 0.4) is 0 Å². The number of nitrogens with zero attached hydrogens (tertiary/aromatic N) is 2. The van der Waals surface area contributed by atoms with Gasteiger partial charge in [-0.2, -0.15) is 0 Å². The van der Waals surface area contributed by atoms with Gasteiger partial charge in [-0.05, 0) is 31.8 Å². The van der Waals surface area contributed by atoms with E-state index in [1.165, 1.54) is 0 Å². The van der Waals surface area contributed by atoms with Gasteiger partial charge in [-0.25, -0.2) is 0 Å². The van der Waals surface area contributed by atoms with Crippen molar-refractivity contribution >= 4 is 5.91 Å². The van der Waals surface area contributed by atoms with Crippen LogP contribution in [0.15, 0.2) is 0 Å². The molecule has 0 aliphatic carbocycles. The van der Waals surface area contributed by atoms with Crippen molar-refractivity contribution in [3.05, 3.63) is 0 Å². The quantitative estimate of drug-likeness (QED) is 0.687. The molecule has 1 rings (SSSR count). The van der Waals surface area contributed by atoms with Crippen molar-refractivity contribution in [2.45, 2.75) is 26.7 Å². The van der Waals surface area contributed by atoms with E-state index in [0.29, 0.717) is 12.5 Å².